The van der Waals surface area contributed by atoms with E-state index in [9.17, 15) is 9.59 Å². The summed E-state index contributed by atoms with van der Waals surface area (Å²) < 4.78 is 5.18. The van der Waals surface area contributed by atoms with Gasteiger partial charge in [0.05, 0.1) is 12.0 Å². The number of aryl methyl sites for hydroxylation is 2. The fourth-order valence-electron chi connectivity index (χ4n) is 2.62. The van der Waals surface area contributed by atoms with Gasteiger partial charge in [-0.05, 0) is 73.6 Å². The first-order chi connectivity index (χ1) is 12.0. The summed E-state index contributed by atoms with van der Waals surface area (Å²) in [7, 11) is 0. The van der Waals surface area contributed by atoms with E-state index in [1.54, 1.807) is 30.5 Å². The van der Waals surface area contributed by atoms with Crippen LogP contribution in [0.25, 0.3) is 6.08 Å². The molecule has 2 aromatic rings. The van der Waals surface area contributed by atoms with Crippen molar-refractivity contribution < 1.29 is 14.0 Å². The van der Waals surface area contributed by atoms with E-state index in [1.807, 2.05) is 32.0 Å². The molecule has 1 aromatic heterocycles. The highest BCUT2D eigenvalue weighted by atomic mass is 32.1. The number of amides is 2. The van der Waals surface area contributed by atoms with Crippen molar-refractivity contribution in [1.82, 2.24) is 5.32 Å². The Morgan fingerprint density at radius 1 is 1.16 bits per heavy atom. The van der Waals surface area contributed by atoms with Gasteiger partial charge >= 0.3 is 0 Å². The lowest BCUT2D eigenvalue weighted by atomic mass is 10.1. The smallest absolute Gasteiger partial charge is 0.270 e. The van der Waals surface area contributed by atoms with Crippen LogP contribution in [0.5, 0.6) is 0 Å². The number of carbonyl (C=O) groups excluding carboxylic acids is 2. The average Bonchev–Trinajstić information content (AvgIpc) is 3.02. The molecule has 0 radical (unpaired) electrons. The van der Waals surface area contributed by atoms with Gasteiger partial charge in [0.2, 0.25) is 0 Å². The van der Waals surface area contributed by atoms with E-state index in [4.69, 9.17) is 16.6 Å². The minimum Gasteiger partial charge on any atom is -0.465 e. The molecule has 6 heteroatoms. The number of anilines is 1. The first-order valence-corrected chi connectivity index (χ1v) is 8.06. The summed E-state index contributed by atoms with van der Waals surface area (Å²) in [6.45, 7) is 3.88. The van der Waals surface area contributed by atoms with Crippen molar-refractivity contribution in [2.75, 3.05) is 4.90 Å². The number of rotatable bonds is 3. The van der Waals surface area contributed by atoms with Crippen LogP contribution in [0.2, 0.25) is 0 Å². The third-order valence-corrected chi connectivity index (χ3v) is 3.92. The zero-order valence-corrected chi connectivity index (χ0v) is 14.6. The summed E-state index contributed by atoms with van der Waals surface area (Å²) in [6, 6.07) is 9.23. The van der Waals surface area contributed by atoms with E-state index in [0.717, 1.165) is 11.1 Å². The van der Waals surface area contributed by atoms with E-state index in [2.05, 4.69) is 5.32 Å². The zero-order valence-electron chi connectivity index (χ0n) is 13.8. The second-order valence-corrected chi connectivity index (χ2v) is 6.09. The molecule has 2 heterocycles. The van der Waals surface area contributed by atoms with Crippen LogP contribution in [0.15, 0.2) is 58.7 Å². The number of hydrogen-bond donors (Lipinski definition) is 1. The van der Waals surface area contributed by atoms with E-state index in [1.165, 1.54) is 11.0 Å². The summed E-state index contributed by atoms with van der Waals surface area (Å²) in [5.74, 6) is -0.343. The molecule has 1 aromatic carbocycles. The lowest BCUT2D eigenvalue weighted by Gasteiger charge is -2.29. The first kappa shape index (κ1) is 16.9. The Kier molecular flexibility index (Phi) is 4.63. The van der Waals surface area contributed by atoms with Crippen molar-refractivity contribution in [3.63, 3.8) is 0 Å². The molecule has 1 saturated heterocycles. The maximum atomic E-state index is 12.8. The van der Waals surface area contributed by atoms with Gasteiger partial charge in [-0.25, -0.2) is 0 Å². The molecule has 0 aliphatic carbocycles. The Labute approximate surface area is 150 Å². The van der Waals surface area contributed by atoms with Crippen LogP contribution < -0.4 is 10.2 Å². The fourth-order valence-corrected chi connectivity index (χ4v) is 2.90. The van der Waals surface area contributed by atoms with E-state index in [0.29, 0.717) is 11.4 Å². The third-order valence-electron chi connectivity index (χ3n) is 3.63. The predicted octanol–water partition coefficient (Wildman–Crippen LogP) is 3.28. The first-order valence-electron chi connectivity index (χ1n) is 7.65. The molecule has 2 amide bonds. The lowest BCUT2D eigenvalue weighted by Crippen LogP contribution is -2.54. The molecule has 0 atom stereocenters. The SMILES string of the molecule is Cc1cc(C)cc(N2C(=O)/C(=C\C=C\c3ccco3)C(=O)NC2=S)c1. The van der Waals surface area contributed by atoms with Crippen LogP contribution >= 0.6 is 12.2 Å². The van der Waals surface area contributed by atoms with Gasteiger partial charge < -0.3 is 4.42 Å². The van der Waals surface area contributed by atoms with Gasteiger partial charge in [0.15, 0.2) is 5.11 Å². The Hall–Kier alpha value is -2.99. The third kappa shape index (κ3) is 3.59. The number of benzene rings is 1. The van der Waals surface area contributed by atoms with Crippen LogP contribution in [0.3, 0.4) is 0 Å². The fraction of sp³-hybridized carbons (Fsp3) is 0.105. The highest BCUT2D eigenvalue weighted by Gasteiger charge is 2.34. The summed E-state index contributed by atoms with van der Waals surface area (Å²) in [5, 5.41) is 2.64. The highest BCUT2D eigenvalue weighted by molar-refractivity contribution is 7.80. The number of thiocarbonyl (C=S) groups is 1. The van der Waals surface area contributed by atoms with Gasteiger partial charge in [0.1, 0.15) is 11.3 Å². The van der Waals surface area contributed by atoms with Crippen molar-refractivity contribution in [1.29, 1.82) is 0 Å². The number of carbonyl (C=O) groups is 2. The number of hydrogen-bond acceptors (Lipinski definition) is 4. The molecule has 5 nitrogen and oxygen atoms in total. The predicted molar refractivity (Wildman–Crippen MR) is 100.0 cm³/mol. The minimum atomic E-state index is -0.514. The quantitative estimate of drug-likeness (QED) is 0.523. The normalized spacial score (nSPS) is 16.8. The largest absolute Gasteiger partial charge is 0.465 e. The van der Waals surface area contributed by atoms with Crippen molar-refractivity contribution in [3.8, 4) is 0 Å². The monoisotopic (exact) mass is 352 g/mol. The molecule has 0 bridgehead atoms. The van der Waals surface area contributed by atoms with Crippen molar-refractivity contribution in [3.05, 3.63) is 71.2 Å². The van der Waals surface area contributed by atoms with Crippen LogP contribution in [-0.2, 0) is 9.59 Å². The standard InChI is InChI=1S/C19H16N2O3S/c1-12-9-13(2)11-14(10-12)21-18(23)16(17(22)20-19(21)25)7-3-5-15-6-4-8-24-15/h3-11H,1-2H3,(H,20,22,25)/b5-3+,16-7-. The van der Waals surface area contributed by atoms with E-state index >= 15 is 0 Å². The number of nitrogens with one attached hydrogen (secondary N) is 1. The molecule has 1 fully saturated rings. The van der Waals surface area contributed by atoms with Gasteiger partial charge in [0.25, 0.3) is 11.8 Å². The molecule has 25 heavy (non-hydrogen) atoms. The molecule has 3 rings (SSSR count). The van der Waals surface area contributed by atoms with Gasteiger partial charge in [-0.15, -0.1) is 0 Å². The Morgan fingerprint density at radius 3 is 2.52 bits per heavy atom. The van der Waals surface area contributed by atoms with Crippen molar-refractivity contribution >= 4 is 40.9 Å². The second kappa shape index (κ2) is 6.86. The molecule has 1 aliphatic rings. The number of nitrogens with zero attached hydrogens (tertiary/aromatic N) is 1. The van der Waals surface area contributed by atoms with Gasteiger partial charge in [0, 0.05) is 0 Å². The lowest BCUT2D eigenvalue weighted by molar-refractivity contribution is -0.122. The topological polar surface area (TPSA) is 62.6 Å². The zero-order chi connectivity index (χ0) is 18.0. The Morgan fingerprint density at radius 2 is 1.88 bits per heavy atom. The molecule has 0 unspecified atom stereocenters. The maximum absolute atomic E-state index is 12.8. The van der Waals surface area contributed by atoms with Gasteiger partial charge in [-0.1, -0.05) is 12.1 Å². The van der Waals surface area contributed by atoms with Crippen LogP contribution in [0.4, 0.5) is 5.69 Å². The van der Waals surface area contributed by atoms with Crippen molar-refractivity contribution in [2.24, 2.45) is 0 Å². The molecular weight excluding hydrogens is 336 g/mol. The molecular formula is C19H16N2O3S. The second-order valence-electron chi connectivity index (χ2n) is 5.70. The summed E-state index contributed by atoms with van der Waals surface area (Å²) in [4.78, 5) is 26.3. The van der Waals surface area contributed by atoms with Crippen LogP contribution in [0.1, 0.15) is 16.9 Å². The summed E-state index contributed by atoms with van der Waals surface area (Å²) in [6.07, 6.45) is 6.27. The molecule has 126 valence electrons. The van der Waals surface area contributed by atoms with Gasteiger partial charge in [-0.3, -0.25) is 19.8 Å². The maximum Gasteiger partial charge on any atom is 0.270 e. The summed E-state index contributed by atoms with van der Waals surface area (Å²) >= 11 is 5.19. The van der Waals surface area contributed by atoms with E-state index in [-0.39, 0.29) is 10.7 Å². The molecule has 1 N–H and O–H groups in total. The van der Waals surface area contributed by atoms with Crippen molar-refractivity contribution in [2.45, 2.75) is 13.8 Å². The average molecular weight is 352 g/mol. The van der Waals surface area contributed by atoms with Crippen LogP contribution in [0, 0.1) is 13.8 Å². The molecule has 1 aliphatic heterocycles. The Bertz CT molecular complexity index is 891. The molecule has 0 spiro atoms. The Balaban J connectivity index is 1.94. The summed E-state index contributed by atoms with van der Waals surface area (Å²) in [5.41, 5.74) is 2.65. The van der Waals surface area contributed by atoms with E-state index < -0.39 is 11.8 Å². The van der Waals surface area contributed by atoms with Gasteiger partial charge in [-0.2, -0.15) is 0 Å². The highest BCUT2D eigenvalue weighted by Crippen LogP contribution is 2.23. The number of allylic oxidation sites excluding steroid dienone is 2. The minimum absolute atomic E-state index is 0.00978. The molecule has 0 saturated carbocycles. The number of furan rings is 1. The van der Waals surface area contributed by atoms with Crippen LogP contribution in [-0.4, -0.2) is 16.9 Å².